The van der Waals surface area contributed by atoms with Crippen LogP contribution in [0.15, 0.2) is 0 Å². The van der Waals surface area contributed by atoms with Gasteiger partial charge in [0.15, 0.2) is 11.6 Å². The molecule has 1 saturated heterocycles. The Morgan fingerprint density at radius 1 is 1.47 bits per heavy atom. The highest BCUT2D eigenvalue weighted by Gasteiger charge is 2.43. The first-order chi connectivity index (χ1) is 7.00. The normalized spacial score (nSPS) is 28.7. The smallest absolute Gasteiger partial charge is 0.176 e. The number of carbonyl (C=O) groups is 1. The Morgan fingerprint density at radius 2 is 2.13 bits per heavy atom. The summed E-state index contributed by atoms with van der Waals surface area (Å²) >= 11 is 0. The van der Waals surface area contributed by atoms with Crippen molar-refractivity contribution in [1.29, 1.82) is 0 Å². The molecule has 1 aliphatic rings. The molecule has 3 heteroatoms. The highest BCUT2D eigenvalue weighted by atomic mass is 16.8. The summed E-state index contributed by atoms with van der Waals surface area (Å²) in [5.74, 6) is 1.62. The zero-order chi connectivity index (χ0) is 11.5. The van der Waals surface area contributed by atoms with Crippen LogP contribution in [0.1, 0.15) is 40.0 Å². The van der Waals surface area contributed by atoms with Crippen molar-refractivity contribution in [2.24, 2.45) is 0 Å². The van der Waals surface area contributed by atoms with E-state index in [-0.39, 0.29) is 18.3 Å². The predicted octanol–water partition coefficient (Wildman–Crippen LogP) is 1.90. The third-order valence-corrected chi connectivity index (χ3v) is 2.35. The van der Waals surface area contributed by atoms with Gasteiger partial charge < -0.3 is 9.47 Å². The molecule has 0 aromatic carbocycles. The third kappa shape index (κ3) is 3.05. The Balaban J connectivity index is 2.69. The quantitative estimate of drug-likeness (QED) is 0.665. The molecule has 84 valence electrons. The topological polar surface area (TPSA) is 35.5 Å². The van der Waals surface area contributed by atoms with Crippen molar-refractivity contribution in [2.45, 2.75) is 58.0 Å². The van der Waals surface area contributed by atoms with Crippen LogP contribution in [-0.2, 0) is 14.3 Å². The third-order valence-electron chi connectivity index (χ3n) is 2.35. The van der Waals surface area contributed by atoms with E-state index < -0.39 is 11.9 Å². The van der Waals surface area contributed by atoms with Crippen molar-refractivity contribution in [3.05, 3.63) is 0 Å². The number of rotatable bonds is 4. The van der Waals surface area contributed by atoms with Gasteiger partial charge in [-0.15, -0.1) is 6.42 Å². The SMILES string of the molecule is C#CCC(=O)[C@H]1OC(C)(C)O[C@@H]1CCC. The van der Waals surface area contributed by atoms with E-state index >= 15 is 0 Å². The van der Waals surface area contributed by atoms with Crippen molar-refractivity contribution in [3.63, 3.8) is 0 Å². The maximum absolute atomic E-state index is 11.7. The average molecular weight is 210 g/mol. The van der Waals surface area contributed by atoms with Crippen molar-refractivity contribution < 1.29 is 14.3 Å². The molecule has 0 bridgehead atoms. The number of carbonyl (C=O) groups excluding carboxylic acids is 1. The van der Waals surface area contributed by atoms with E-state index in [0.717, 1.165) is 12.8 Å². The van der Waals surface area contributed by atoms with Gasteiger partial charge in [-0.2, -0.15) is 0 Å². The largest absolute Gasteiger partial charge is 0.344 e. The van der Waals surface area contributed by atoms with Crippen LogP contribution in [0.2, 0.25) is 0 Å². The van der Waals surface area contributed by atoms with Gasteiger partial charge in [0.25, 0.3) is 0 Å². The molecule has 0 aliphatic carbocycles. The average Bonchev–Trinajstić information content (AvgIpc) is 2.42. The van der Waals surface area contributed by atoms with Gasteiger partial charge in [0.2, 0.25) is 0 Å². The zero-order valence-electron chi connectivity index (χ0n) is 9.58. The van der Waals surface area contributed by atoms with Gasteiger partial charge >= 0.3 is 0 Å². The minimum absolute atomic E-state index is 0.0541. The van der Waals surface area contributed by atoms with Crippen LogP contribution < -0.4 is 0 Å². The first-order valence-corrected chi connectivity index (χ1v) is 5.32. The maximum atomic E-state index is 11.7. The highest BCUT2D eigenvalue weighted by Crippen LogP contribution is 2.31. The molecule has 0 aromatic rings. The number of ketones is 1. The van der Waals surface area contributed by atoms with E-state index in [1.807, 2.05) is 13.8 Å². The lowest BCUT2D eigenvalue weighted by molar-refractivity contribution is -0.154. The summed E-state index contributed by atoms with van der Waals surface area (Å²) in [6.45, 7) is 5.69. The second-order valence-corrected chi connectivity index (χ2v) is 4.23. The summed E-state index contributed by atoms with van der Waals surface area (Å²) in [4.78, 5) is 11.7. The molecule has 1 rings (SSSR count). The summed E-state index contributed by atoms with van der Waals surface area (Å²) in [5.41, 5.74) is 0. The van der Waals surface area contributed by atoms with Gasteiger partial charge in [0.05, 0.1) is 12.5 Å². The van der Waals surface area contributed by atoms with Gasteiger partial charge in [-0.25, -0.2) is 0 Å². The number of terminal acetylenes is 1. The fourth-order valence-corrected chi connectivity index (χ4v) is 1.80. The van der Waals surface area contributed by atoms with Crippen LogP contribution in [0.5, 0.6) is 0 Å². The van der Waals surface area contributed by atoms with E-state index in [2.05, 4.69) is 12.8 Å². The molecule has 1 fully saturated rings. The van der Waals surface area contributed by atoms with Crippen molar-refractivity contribution >= 4 is 5.78 Å². The van der Waals surface area contributed by atoms with Gasteiger partial charge in [0, 0.05) is 0 Å². The van der Waals surface area contributed by atoms with Crippen LogP contribution in [0.3, 0.4) is 0 Å². The lowest BCUT2D eigenvalue weighted by Gasteiger charge is -2.16. The molecule has 2 atom stereocenters. The predicted molar refractivity (Wildman–Crippen MR) is 57.2 cm³/mol. The van der Waals surface area contributed by atoms with Crippen LogP contribution in [0.25, 0.3) is 0 Å². The Morgan fingerprint density at radius 3 is 2.67 bits per heavy atom. The summed E-state index contributed by atoms with van der Waals surface area (Å²) < 4.78 is 11.2. The van der Waals surface area contributed by atoms with Crippen molar-refractivity contribution in [2.75, 3.05) is 0 Å². The first kappa shape index (κ1) is 12.2. The summed E-state index contributed by atoms with van der Waals surface area (Å²) in [6.07, 6.45) is 6.38. The molecule has 0 amide bonds. The number of ether oxygens (including phenoxy) is 2. The molecule has 3 nitrogen and oxygen atoms in total. The lowest BCUT2D eigenvalue weighted by atomic mass is 10.0. The number of hydrogen-bond donors (Lipinski definition) is 0. The second-order valence-electron chi connectivity index (χ2n) is 4.23. The van der Waals surface area contributed by atoms with Crippen LogP contribution in [-0.4, -0.2) is 23.8 Å². The molecule has 0 unspecified atom stereocenters. The molecule has 1 aliphatic heterocycles. The number of Topliss-reactive ketones (excluding diaryl/α,β-unsaturated/α-hetero) is 1. The molecule has 0 spiro atoms. The molecular formula is C12H18O3. The van der Waals surface area contributed by atoms with Gasteiger partial charge in [-0.3, -0.25) is 4.79 Å². The van der Waals surface area contributed by atoms with Crippen LogP contribution >= 0.6 is 0 Å². The van der Waals surface area contributed by atoms with E-state index in [1.165, 1.54) is 0 Å². The monoisotopic (exact) mass is 210 g/mol. The fourth-order valence-electron chi connectivity index (χ4n) is 1.80. The molecule has 1 heterocycles. The molecule has 0 N–H and O–H groups in total. The minimum atomic E-state index is -0.672. The number of hydrogen-bond acceptors (Lipinski definition) is 3. The lowest BCUT2D eigenvalue weighted by Crippen LogP contribution is -2.31. The molecule has 0 aromatic heterocycles. The minimum Gasteiger partial charge on any atom is -0.344 e. The van der Waals surface area contributed by atoms with Crippen molar-refractivity contribution in [3.8, 4) is 12.3 Å². The maximum Gasteiger partial charge on any atom is 0.176 e. The summed E-state index contributed by atoms with van der Waals surface area (Å²) in [7, 11) is 0. The van der Waals surface area contributed by atoms with Crippen molar-refractivity contribution in [1.82, 2.24) is 0 Å². The first-order valence-electron chi connectivity index (χ1n) is 5.32. The summed E-state index contributed by atoms with van der Waals surface area (Å²) in [6, 6.07) is 0. The molecule has 15 heavy (non-hydrogen) atoms. The van der Waals surface area contributed by atoms with Crippen LogP contribution in [0.4, 0.5) is 0 Å². The highest BCUT2D eigenvalue weighted by molar-refractivity contribution is 5.86. The fraction of sp³-hybridized carbons (Fsp3) is 0.750. The van der Waals surface area contributed by atoms with Gasteiger partial charge in [-0.05, 0) is 20.3 Å². The van der Waals surface area contributed by atoms with E-state index in [0.29, 0.717) is 0 Å². The standard InChI is InChI=1S/C12H18O3/c1-5-7-9(13)11-10(8-6-2)14-12(3,4)15-11/h1,10-11H,6-8H2,2-4H3/t10-,11-/m1/s1. The Labute approximate surface area is 91.1 Å². The molecule has 0 radical (unpaired) electrons. The summed E-state index contributed by atoms with van der Waals surface area (Å²) in [5, 5.41) is 0. The Hall–Kier alpha value is -0.850. The van der Waals surface area contributed by atoms with E-state index in [1.54, 1.807) is 0 Å². The Kier molecular flexibility index (Phi) is 3.90. The van der Waals surface area contributed by atoms with Crippen LogP contribution in [0, 0.1) is 12.3 Å². The second kappa shape index (κ2) is 4.78. The molecule has 0 saturated carbocycles. The van der Waals surface area contributed by atoms with Gasteiger partial charge in [-0.1, -0.05) is 19.3 Å². The molecular weight excluding hydrogens is 192 g/mol. The van der Waals surface area contributed by atoms with E-state index in [4.69, 9.17) is 15.9 Å². The van der Waals surface area contributed by atoms with Gasteiger partial charge in [0.1, 0.15) is 6.10 Å². The van der Waals surface area contributed by atoms with E-state index in [9.17, 15) is 4.79 Å². The Bertz CT molecular complexity index is 275. The zero-order valence-corrected chi connectivity index (χ0v) is 9.58.